The van der Waals surface area contributed by atoms with E-state index in [-0.39, 0.29) is 11.9 Å². The van der Waals surface area contributed by atoms with Crippen molar-refractivity contribution in [3.63, 3.8) is 0 Å². The molecule has 5 nitrogen and oxygen atoms in total. The minimum Gasteiger partial charge on any atom is -0.348 e. The Kier molecular flexibility index (Phi) is 5.45. The molecule has 3 rings (SSSR count). The number of hydrogen-bond acceptors (Lipinski definition) is 4. The SMILES string of the molecule is Cc1ccc(Nc2cc(C(=O)NC3CCCCC3)ncn2)c(Br)c1. The Bertz CT molecular complexity index is 729. The molecule has 0 bridgehead atoms. The van der Waals surface area contributed by atoms with Crippen LogP contribution in [-0.2, 0) is 0 Å². The first-order valence-corrected chi connectivity index (χ1v) is 9.07. The van der Waals surface area contributed by atoms with Gasteiger partial charge in [0.05, 0.1) is 5.69 Å². The van der Waals surface area contributed by atoms with Gasteiger partial charge in [0.25, 0.3) is 5.91 Å². The van der Waals surface area contributed by atoms with Crippen molar-refractivity contribution < 1.29 is 4.79 Å². The molecule has 1 aromatic heterocycles. The molecule has 0 radical (unpaired) electrons. The average molecular weight is 389 g/mol. The minimum absolute atomic E-state index is 0.129. The van der Waals surface area contributed by atoms with Gasteiger partial charge in [-0.15, -0.1) is 0 Å². The molecule has 1 aliphatic carbocycles. The van der Waals surface area contributed by atoms with Gasteiger partial charge < -0.3 is 10.6 Å². The monoisotopic (exact) mass is 388 g/mol. The van der Waals surface area contributed by atoms with E-state index in [1.807, 2.05) is 25.1 Å². The van der Waals surface area contributed by atoms with Gasteiger partial charge in [-0.2, -0.15) is 0 Å². The first kappa shape index (κ1) is 16.9. The zero-order chi connectivity index (χ0) is 16.9. The van der Waals surface area contributed by atoms with Crippen LogP contribution in [0.2, 0.25) is 0 Å². The molecular weight excluding hydrogens is 368 g/mol. The summed E-state index contributed by atoms with van der Waals surface area (Å²) in [6.45, 7) is 2.03. The number of aryl methyl sites for hydroxylation is 1. The van der Waals surface area contributed by atoms with E-state index in [2.05, 4.69) is 36.5 Å². The number of nitrogens with zero attached hydrogens (tertiary/aromatic N) is 2. The number of halogens is 1. The topological polar surface area (TPSA) is 66.9 Å². The smallest absolute Gasteiger partial charge is 0.270 e. The lowest BCUT2D eigenvalue weighted by atomic mass is 9.95. The lowest BCUT2D eigenvalue weighted by Gasteiger charge is -2.22. The number of benzene rings is 1. The van der Waals surface area contributed by atoms with Gasteiger partial charge in [0.1, 0.15) is 17.8 Å². The fourth-order valence-electron chi connectivity index (χ4n) is 2.92. The van der Waals surface area contributed by atoms with Crippen LogP contribution in [0.3, 0.4) is 0 Å². The third kappa shape index (κ3) is 4.32. The molecule has 2 N–H and O–H groups in total. The fourth-order valence-corrected chi connectivity index (χ4v) is 3.51. The number of amides is 1. The van der Waals surface area contributed by atoms with Crippen LogP contribution < -0.4 is 10.6 Å². The van der Waals surface area contributed by atoms with Crippen molar-refractivity contribution in [1.82, 2.24) is 15.3 Å². The van der Waals surface area contributed by atoms with E-state index < -0.39 is 0 Å². The van der Waals surface area contributed by atoms with Crippen molar-refractivity contribution >= 4 is 33.3 Å². The molecule has 0 saturated heterocycles. The van der Waals surface area contributed by atoms with Gasteiger partial charge in [0, 0.05) is 16.6 Å². The Morgan fingerprint density at radius 1 is 1.17 bits per heavy atom. The lowest BCUT2D eigenvalue weighted by Crippen LogP contribution is -2.36. The summed E-state index contributed by atoms with van der Waals surface area (Å²) in [6.07, 6.45) is 7.15. The van der Waals surface area contributed by atoms with E-state index in [0.29, 0.717) is 11.5 Å². The fraction of sp³-hybridized carbons (Fsp3) is 0.389. The van der Waals surface area contributed by atoms with Crippen LogP contribution in [0, 0.1) is 6.92 Å². The van der Waals surface area contributed by atoms with E-state index in [1.54, 1.807) is 6.07 Å². The van der Waals surface area contributed by atoms with Crippen molar-refractivity contribution in [2.45, 2.75) is 45.1 Å². The summed E-state index contributed by atoms with van der Waals surface area (Å²) in [5.74, 6) is 0.471. The second-order valence-electron chi connectivity index (χ2n) is 6.21. The number of carbonyl (C=O) groups excluding carboxylic acids is 1. The van der Waals surface area contributed by atoms with Crippen molar-refractivity contribution in [1.29, 1.82) is 0 Å². The van der Waals surface area contributed by atoms with Gasteiger partial charge in [0.2, 0.25) is 0 Å². The largest absolute Gasteiger partial charge is 0.348 e. The molecule has 0 atom stereocenters. The van der Waals surface area contributed by atoms with Crippen molar-refractivity contribution in [2.75, 3.05) is 5.32 Å². The summed E-state index contributed by atoms with van der Waals surface area (Å²) < 4.78 is 0.953. The van der Waals surface area contributed by atoms with Gasteiger partial charge in [-0.3, -0.25) is 4.79 Å². The van der Waals surface area contributed by atoms with Crippen molar-refractivity contribution in [3.05, 3.63) is 46.3 Å². The molecule has 0 aliphatic heterocycles. The second-order valence-corrected chi connectivity index (χ2v) is 7.06. The molecule has 1 fully saturated rings. The highest BCUT2D eigenvalue weighted by Crippen LogP contribution is 2.26. The van der Waals surface area contributed by atoms with Crippen LogP contribution >= 0.6 is 15.9 Å². The molecule has 1 aromatic carbocycles. The van der Waals surface area contributed by atoms with Gasteiger partial charge in [-0.1, -0.05) is 25.3 Å². The van der Waals surface area contributed by atoms with Crippen molar-refractivity contribution in [3.8, 4) is 0 Å². The molecule has 6 heteroatoms. The van der Waals surface area contributed by atoms with Crippen LogP contribution in [0.25, 0.3) is 0 Å². The third-order valence-electron chi connectivity index (χ3n) is 4.23. The highest BCUT2D eigenvalue weighted by molar-refractivity contribution is 9.10. The number of rotatable bonds is 4. The lowest BCUT2D eigenvalue weighted by molar-refractivity contribution is 0.0922. The Labute approximate surface area is 150 Å². The van der Waals surface area contributed by atoms with E-state index in [9.17, 15) is 4.79 Å². The normalized spacial score (nSPS) is 15.1. The van der Waals surface area contributed by atoms with E-state index in [0.717, 1.165) is 23.0 Å². The molecule has 1 saturated carbocycles. The minimum atomic E-state index is -0.129. The highest BCUT2D eigenvalue weighted by Gasteiger charge is 2.17. The van der Waals surface area contributed by atoms with Gasteiger partial charge in [0.15, 0.2) is 0 Å². The molecule has 24 heavy (non-hydrogen) atoms. The maximum atomic E-state index is 12.4. The average Bonchev–Trinajstić information content (AvgIpc) is 2.59. The van der Waals surface area contributed by atoms with Gasteiger partial charge >= 0.3 is 0 Å². The number of hydrogen-bond donors (Lipinski definition) is 2. The molecule has 1 aliphatic rings. The van der Waals surface area contributed by atoms with Crippen LogP contribution in [-0.4, -0.2) is 21.9 Å². The Morgan fingerprint density at radius 2 is 1.96 bits per heavy atom. The van der Waals surface area contributed by atoms with Gasteiger partial charge in [-0.25, -0.2) is 9.97 Å². The predicted molar refractivity (Wildman–Crippen MR) is 98.5 cm³/mol. The van der Waals surface area contributed by atoms with Crippen LogP contribution in [0.4, 0.5) is 11.5 Å². The summed E-state index contributed by atoms with van der Waals surface area (Å²) in [6, 6.07) is 7.97. The van der Waals surface area contributed by atoms with E-state index in [4.69, 9.17) is 0 Å². The number of anilines is 2. The van der Waals surface area contributed by atoms with Crippen molar-refractivity contribution in [2.24, 2.45) is 0 Å². The highest BCUT2D eigenvalue weighted by atomic mass is 79.9. The zero-order valence-electron chi connectivity index (χ0n) is 13.7. The Balaban J connectivity index is 1.70. The Morgan fingerprint density at radius 3 is 2.71 bits per heavy atom. The summed E-state index contributed by atoms with van der Waals surface area (Å²) in [5.41, 5.74) is 2.46. The maximum absolute atomic E-state index is 12.4. The first-order chi connectivity index (χ1) is 11.6. The molecule has 1 amide bonds. The third-order valence-corrected chi connectivity index (χ3v) is 4.88. The second kappa shape index (κ2) is 7.75. The molecule has 126 valence electrons. The molecule has 2 aromatic rings. The van der Waals surface area contributed by atoms with Crippen LogP contribution in [0.5, 0.6) is 0 Å². The number of nitrogens with one attached hydrogen (secondary N) is 2. The predicted octanol–water partition coefficient (Wildman–Crippen LogP) is 4.35. The number of aromatic nitrogens is 2. The molecule has 0 unspecified atom stereocenters. The molecule has 1 heterocycles. The molecule has 0 spiro atoms. The summed E-state index contributed by atoms with van der Waals surface area (Å²) >= 11 is 3.53. The summed E-state index contributed by atoms with van der Waals surface area (Å²) in [5, 5.41) is 6.30. The number of carbonyl (C=O) groups is 1. The maximum Gasteiger partial charge on any atom is 0.270 e. The first-order valence-electron chi connectivity index (χ1n) is 8.28. The molecular formula is C18H21BrN4O. The summed E-state index contributed by atoms with van der Waals surface area (Å²) in [4.78, 5) is 20.7. The van der Waals surface area contributed by atoms with E-state index in [1.165, 1.54) is 31.2 Å². The zero-order valence-corrected chi connectivity index (χ0v) is 15.3. The van der Waals surface area contributed by atoms with Crippen LogP contribution in [0.15, 0.2) is 35.1 Å². The summed E-state index contributed by atoms with van der Waals surface area (Å²) in [7, 11) is 0. The van der Waals surface area contributed by atoms with Gasteiger partial charge in [-0.05, 0) is 53.4 Å². The van der Waals surface area contributed by atoms with E-state index >= 15 is 0 Å². The Hall–Kier alpha value is -1.95. The quantitative estimate of drug-likeness (QED) is 0.816. The van der Waals surface area contributed by atoms with Crippen LogP contribution in [0.1, 0.15) is 48.2 Å². The standard InChI is InChI=1S/C18H21BrN4O/c1-12-7-8-15(14(19)9-12)23-17-10-16(20-11-21-17)18(24)22-13-5-3-2-4-6-13/h7-11,13H,2-6H2,1H3,(H,22,24)(H,20,21,23).